The molecule has 1 fully saturated rings. The fourth-order valence-electron chi connectivity index (χ4n) is 2.61. The predicted octanol–water partition coefficient (Wildman–Crippen LogP) is 3.39. The van der Waals surface area contributed by atoms with Gasteiger partial charge in [-0.25, -0.2) is 4.98 Å². The first-order chi connectivity index (χ1) is 8.45. The van der Waals surface area contributed by atoms with Crippen LogP contribution in [0.25, 0.3) is 0 Å². The van der Waals surface area contributed by atoms with Gasteiger partial charge >= 0.3 is 0 Å². The monoisotopic (exact) mass is 267 g/mol. The van der Waals surface area contributed by atoms with Gasteiger partial charge in [-0.3, -0.25) is 9.88 Å². The van der Waals surface area contributed by atoms with Gasteiger partial charge in [-0.15, -0.1) is 0 Å². The molecule has 1 aromatic heterocycles. The quantitative estimate of drug-likeness (QED) is 0.823. The van der Waals surface area contributed by atoms with Gasteiger partial charge in [-0.05, 0) is 37.3 Å². The van der Waals surface area contributed by atoms with Crippen LogP contribution in [0.3, 0.4) is 0 Å². The van der Waals surface area contributed by atoms with Gasteiger partial charge in [0.05, 0.1) is 18.1 Å². The van der Waals surface area contributed by atoms with Crippen LogP contribution in [0.5, 0.6) is 0 Å². The molecular formula is C14H22ClN3. The normalized spacial score (nSPS) is 19.1. The second-order valence-corrected chi connectivity index (χ2v) is 6.63. The van der Waals surface area contributed by atoms with E-state index in [2.05, 4.69) is 35.6 Å². The summed E-state index contributed by atoms with van der Waals surface area (Å²) in [6.45, 7) is 10.2. The Hall–Kier alpha value is -0.670. The summed E-state index contributed by atoms with van der Waals surface area (Å²) >= 11 is 5.74. The van der Waals surface area contributed by atoms with E-state index in [4.69, 9.17) is 11.6 Å². The number of halogens is 1. The third-order valence-corrected chi connectivity index (χ3v) is 4.07. The lowest BCUT2D eigenvalue weighted by molar-refractivity contribution is 0.107. The molecule has 3 nitrogen and oxygen atoms in total. The van der Waals surface area contributed by atoms with Crippen molar-refractivity contribution in [2.75, 3.05) is 13.1 Å². The maximum absolute atomic E-state index is 5.74. The maximum atomic E-state index is 5.74. The lowest BCUT2D eigenvalue weighted by Gasteiger charge is -2.38. The highest BCUT2D eigenvalue weighted by atomic mass is 35.5. The Morgan fingerprint density at radius 3 is 2.39 bits per heavy atom. The van der Waals surface area contributed by atoms with Gasteiger partial charge in [0.1, 0.15) is 5.15 Å². The molecule has 0 amide bonds. The fourth-order valence-corrected chi connectivity index (χ4v) is 2.70. The highest BCUT2D eigenvalue weighted by Crippen LogP contribution is 2.34. The van der Waals surface area contributed by atoms with Crippen LogP contribution in [0.1, 0.15) is 39.3 Å². The minimum atomic E-state index is 0.437. The van der Waals surface area contributed by atoms with Crippen molar-refractivity contribution in [3.8, 4) is 0 Å². The van der Waals surface area contributed by atoms with Crippen molar-refractivity contribution >= 4 is 11.6 Å². The smallest absolute Gasteiger partial charge is 0.147 e. The lowest BCUT2D eigenvalue weighted by Crippen LogP contribution is -2.37. The zero-order chi connectivity index (χ0) is 13.2. The van der Waals surface area contributed by atoms with Crippen molar-refractivity contribution in [1.29, 1.82) is 0 Å². The van der Waals surface area contributed by atoms with Crippen molar-refractivity contribution in [3.05, 3.63) is 23.2 Å². The summed E-state index contributed by atoms with van der Waals surface area (Å²) in [5.74, 6) is 0.838. The fraction of sp³-hybridized carbons (Fsp3) is 0.714. The third-order valence-electron chi connectivity index (χ3n) is 3.87. The molecule has 0 saturated carbocycles. The maximum Gasteiger partial charge on any atom is 0.147 e. The van der Waals surface area contributed by atoms with Gasteiger partial charge in [0.25, 0.3) is 0 Å². The molecule has 2 heterocycles. The molecule has 4 heteroatoms. The van der Waals surface area contributed by atoms with Crippen molar-refractivity contribution in [3.63, 3.8) is 0 Å². The van der Waals surface area contributed by atoms with Crippen LogP contribution in [-0.2, 0) is 6.54 Å². The number of piperidine rings is 1. The Labute approximate surface area is 115 Å². The van der Waals surface area contributed by atoms with Crippen LogP contribution < -0.4 is 0 Å². The minimum absolute atomic E-state index is 0.437. The second-order valence-electron chi connectivity index (χ2n) is 6.25. The average Bonchev–Trinajstić information content (AvgIpc) is 2.32. The van der Waals surface area contributed by atoms with E-state index in [0.29, 0.717) is 10.6 Å². The molecule has 18 heavy (non-hydrogen) atoms. The Morgan fingerprint density at radius 1 is 1.22 bits per heavy atom. The van der Waals surface area contributed by atoms with Gasteiger partial charge in [-0.1, -0.05) is 32.4 Å². The zero-order valence-corrected chi connectivity index (χ0v) is 12.2. The van der Waals surface area contributed by atoms with Gasteiger partial charge in [0.2, 0.25) is 0 Å². The number of rotatable bonds is 2. The van der Waals surface area contributed by atoms with Crippen LogP contribution >= 0.6 is 11.6 Å². The molecule has 0 aromatic carbocycles. The molecule has 1 aromatic rings. The summed E-state index contributed by atoms with van der Waals surface area (Å²) in [6.07, 6.45) is 5.96. The Kier molecular flexibility index (Phi) is 4.23. The van der Waals surface area contributed by atoms with Crippen molar-refractivity contribution in [2.24, 2.45) is 11.3 Å². The third kappa shape index (κ3) is 3.66. The van der Waals surface area contributed by atoms with E-state index in [-0.39, 0.29) is 0 Å². The van der Waals surface area contributed by atoms with E-state index in [1.807, 2.05) is 0 Å². The Balaban J connectivity index is 1.85. The molecule has 1 aliphatic heterocycles. The van der Waals surface area contributed by atoms with Crippen molar-refractivity contribution in [2.45, 2.75) is 40.2 Å². The number of hydrogen-bond acceptors (Lipinski definition) is 3. The molecule has 0 atom stereocenters. The summed E-state index contributed by atoms with van der Waals surface area (Å²) in [4.78, 5) is 10.8. The average molecular weight is 268 g/mol. The number of likely N-dealkylation sites (tertiary alicyclic amines) is 1. The van der Waals surface area contributed by atoms with Crippen LogP contribution in [0.4, 0.5) is 0 Å². The number of aromatic nitrogens is 2. The van der Waals surface area contributed by atoms with Gasteiger partial charge < -0.3 is 0 Å². The van der Waals surface area contributed by atoms with Crippen LogP contribution in [0.15, 0.2) is 12.4 Å². The first kappa shape index (κ1) is 13.8. The largest absolute Gasteiger partial charge is 0.297 e. The molecule has 0 radical (unpaired) electrons. The second kappa shape index (κ2) is 5.54. The SMILES string of the molecule is CC(C)(C)C1CCN(Cc2cnc(Cl)cn2)CC1. The molecule has 1 saturated heterocycles. The van der Waals surface area contributed by atoms with E-state index in [1.54, 1.807) is 12.4 Å². The molecule has 2 rings (SSSR count). The molecule has 0 aliphatic carbocycles. The van der Waals surface area contributed by atoms with E-state index >= 15 is 0 Å². The van der Waals surface area contributed by atoms with Crippen LogP contribution in [-0.4, -0.2) is 28.0 Å². The Morgan fingerprint density at radius 2 is 1.89 bits per heavy atom. The van der Waals surface area contributed by atoms with Gasteiger partial charge in [-0.2, -0.15) is 0 Å². The van der Waals surface area contributed by atoms with Gasteiger partial charge in [0, 0.05) is 6.54 Å². The topological polar surface area (TPSA) is 29.0 Å². The first-order valence-electron chi connectivity index (χ1n) is 6.64. The predicted molar refractivity (Wildman–Crippen MR) is 74.5 cm³/mol. The molecule has 1 aliphatic rings. The summed E-state index contributed by atoms with van der Waals surface area (Å²) in [5.41, 5.74) is 1.44. The molecule has 0 spiro atoms. The minimum Gasteiger partial charge on any atom is -0.297 e. The van der Waals surface area contributed by atoms with Gasteiger partial charge in [0.15, 0.2) is 0 Å². The summed E-state index contributed by atoms with van der Waals surface area (Å²) in [5, 5.41) is 0.463. The standard InChI is InChI=1S/C14H22ClN3/c1-14(2,3)11-4-6-18(7-5-11)10-12-8-17-13(15)9-16-12/h8-9,11H,4-7,10H2,1-3H3. The van der Waals surface area contributed by atoms with E-state index in [9.17, 15) is 0 Å². The first-order valence-corrected chi connectivity index (χ1v) is 7.02. The number of hydrogen-bond donors (Lipinski definition) is 0. The molecule has 0 bridgehead atoms. The molecule has 0 N–H and O–H groups in total. The van der Waals surface area contributed by atoms with E-state index in [1.165, 1.54) is 12.8 Å². The molecule has 0 unspecified atom stereocenters. The summed E-state index contributed by atoms with van der Waals surface area (Å²) in [6, 6.07) is 0. The van der Waals surface area contributed by atoms with E-state index in [0.717, 1.165) is 31.2 Å². The zero-order valence-electron chi connectivity index (χ0n) is 11.5. The van der Waals surface area contributed by atoms with Crippen LogP contribution in [0, 0.1) is 11.3 Å². The highest BCUT2D eigenvalue weighted by Gasteiger charge is 2.28. The summed E-state index contributed by atoms with van der Waals surface area (Å²) < 4.78 is 0. The summed E-state index contributed by atoms with van der Waals surface area (Å²) in [7, 11) is 0. The Bertz CT molecular complexity index is 375. The highest BCUT2D eigenvalue weighted by molar-refractivity contribution is 6.29. The van der Waals surface area contributed by atoms with Crippen molar-refractivity contribution < 1.29 is 0 Å². The molecular weight excluding hydrogens is 246 g/mol. The van der Waals surface area contributed by atoms with Crippen LogP contribution in [0.2, 0.25) is 5.15 Å². The molecule has 100 valence electrons. The lowest BCUT2D eigenvalue weighted by atomic mass is 9.75. The number of nitrogens with zero attached hydrogens (tertiary/aromatic N) is 3. The van der Waals surface area contributed by atoms with Crippen molar-refractivity contribution in [1.82, 2.24) is 14.9 Å². The van der Waals surface area contributed by atoms with E-state index < -0.39 is 0 Å².